The Morgan fingerprint density at radius 3 is 2.00 bits per heavy atom. The van der Waals surface area contributed by atoms with Crippen molar-refractivity contribution in [3.8, 4) is 0 Å². The Labute approximate surface area is 187 Å². The van der Waals surface area contributed by atoms with Gasteiger partial charge in [-0.3, -0.25) is 4.90 Å². The van der Waals surface area contributed by atoms with Crippen molar-refractivity contribution in [2.75, 3.05) is 45.9 Å². The predicted molar refractivity (Wildman–Crippen MR) is 120 cm³/mol. The van der Waals surface area contributed by atoms with Crippen LogP contribution in [-0.2, 0) is 24.8 Å². The minimum Gasteiger partial charge on any atom is -0.379 e. The zero-order chi connectivity index (χ0) is 22.5. The van der Waals surface area contributed by atoms with Crippen LogP contribution in [0.4, 0.5) is 0 Å². The average Bonchev–Trinajstić information content (AvgIpc) is 3.33. The maximum atomic E-state index is 12.9. The minimum absolute atomic E-state index is 0.0816. The SMILES string of the molecule is CCC(CC)[C@H](CNS(=O)(=O)c1ccc(S(=O)(=O)N2CCCC2)cc1)N1CCOCC1. The molecule has 2 aliphatic heterocycles. The van der Waals surface area contributed by atoms with Crippen LogP contribution in [0.3, 0.4) is 0 Å². The lowest BCUT2D eigenvalue weighted by molar-refractivity contribution is 0.00297. The fourth-order valence-electron chi connectivity index (χ4n) is 4.48. The average molecular weight is 474 g/mol. The van der Waals surface area contributed by atoms with Crippen LogP contribution >= 0.6 is 0 Å². The molecule has 0 aliphatic carbocycles. The third-order valence-corrected chi connectivity index (χ3v) is 9.78. The second-order valence-corrected chi connectivity index (χ2v) is 11.9. The smallest absolute Gasteiger partial charge is 0.243 e. The molecule has 1 atom stereocenters. The van der Waals surface area contributed by atoms with E-state index in [-0.39, 0.29) is 15.8 Å². The third-order valence-electron chi connectivity index (χ3n) is 6.43. The first-order valence-electron chi connectivity index (χ1n) is 11.2. The second kappa shape index (κ2) is 10.7. The first-order chi connectivity index (χ1) is 14.8. The van der Waals surface area contributed by atoms with E-state index in [4.69, 9.17) is 4.74 Å². The molecule has 176 valence electrons. The molecule has 0 amide bonds. The van der Waals surface area contributed by atoms with E-state index in [9.17, 15) is 16.8 Å². The Morgan fingerprint density at radius 1 is 0.903 bits per heavy atom. The summed E-state index contributed by atoms with van der Waals surface area (Å²) in [5.74, 6) is 0.383. The van der Waals surface area contributed by atoms with E-state index in [1.165, 1.54) is 28.6 Å². The topological polar surface area (TPSA) is 96.0 Å². The highest BCUT2D eigenvalue weighted by Crippen LogP contribution is 2.23. The summed E-state index contributed by atoms with van der Waals surface area (Å²) in [6.45, 7) is 8.55. The van der Waals surface area contributed by atoms with Gasteiger partial charge in [-0.15, -0.1) is 0 Å². The third kappa shape index (κ3) is 5.85. The molecule has 0 radical (unpaired) electrons. The molecule has 8 nitrogen and oxygen atoms in total. The van der Waals surface area contributed by atoms with Crippen molar-refractivity contribution < 1.29 is 21.6 Å². The van der Waals surface area contributed by atoms with Crippen molar-refractivity contribution in [1.29, 1.82) is 0 Å². The van der Waals surface area contributed by atoms with Crippen LogP contribution in [0, 0.1) is 5.92 Å². The lowest BCUT2D eigenvalue weighted by Gasteiger charge is -2.38. The van der Waals surface area contributed by atoms with Gasteiger partial charge in [-0.1, -0.05) is 26.7 Å². The van der Waals surface area contributed by atoms with Crippen LogP contribution in [0.5, 0.6) is 0 Å². The van der Waals surface area contributed by atoms with Crippen LogP contribution in [0.1, 0.15) is 39.5 Å². The molecule has 1 N–H and O–H groups in total. The maximum absolute atomic E-state index is 12.9. The molecular weight excluding hydrogens is 438 g/mol. The van der Waals surface area contributed by atoms with Gasteiger partial charge in [0.25, 0.3) is 0 Å². The standard InChI is InChI=1S/C21H35N3O5S2/c1-3-18(4-2)21(23-13-15-29-16-14-23)17-22-30(25,26)19-7-9-20(10-8-19)31(27,28)24-11-5-6-12-24/h7-10,18,21-22H,3-6,11-17H2,1-2H3/t21-/m0/s1. The molecule has 31 heavy (non-hydrogen) atoms. The van der Waals surface area contributed by atoms with E-state index in [0.29, 0.717) is 38.8 Å². The molecule has 2 fully saturated rings. The Hall–Kier alpha value is -1.04. The summed E-state index contributed by atoms with van der Waals surface area (Å²) in [7, 11) is -7.30. The normalized spacial score (nSPS) is 20.4. The van der Waals surface area contributed by atoms with Crippen molar-refractivity contribution in [1.82, 2.24) is 13.9 Å². The van der Waals surface area contributed by atoms with Gasteiger partial charge in [-0.2, -0.15) is 4.31 Å². The maximum Gasteiger partial charge on any atom is 0.243 e. The number of benzene rings is 1. The summed E-state index contributed by atoms with van der Waals surface area (Å²) in [6.07, 6.45) is 3.67. The number of nitrogens with one attached hydrogen (secondary N) is 1. The Morgan fingerprint density at radius 2 is 1.45 bits per heavy atom. The molecule has 1 aromatic carbocycles. The summed E-state index contributed by atoms with van der Waals surface area (Å²) >= 11 is 0. The molecule has 3 rings (SSSR count). The Bertz CT molecular complexity index is 903. The molecule has 0 unspecified atom stereocenters. The monoisotopic (exact) mass is 473 g/mol. The van der Waals surface area contributed by atoms with Gasteiger partial charge in [0.15, 0.2) is 0 Å². The van der Waals surface area contributed by atoms with E-state index in [1.807, 2.05) is 0 Å². The zero-order valence-corrected chi connectivity index (χ0v) is 20.1. The van der Waals surface area contributed by atoms with Gasteiger partial charge in [0, 0.05) is 38.8 Å². The minimum atomic E-state index is -3.74. The summed E-state index contributed by atoms with van der Waals surface area (Å²) in [5, 5.41) is 0. The molecule has 2 aliphatic rings. The van der Waals surface area contributed by atoms with Crippen molar-refractivity contribution in [3.63, 3.8) is 0 Å². The molecule has 2 saturated heterocycles. The fraction of sp³-hybridized carbons (Fsp3) is 0.714. The molecule has 1 aromatic rings. The zero-order valence-electron chi connectivity index (χ0n) is 18.5. The summed E-state index contributed by atoms with van der Waals surface area (Å²) in [6, 6.07) is 5.65. The van der Waals surface area contributed by atoms with E-state index < -0.39 is 20.0 Å². The molecule has 0 aromatic heterocycles. The van der Waals surface area contributed by atoms with Crippen LogP contribution < -0.4 is 4.72 Å². The number of nitrogens with zero attached hydrogens (tertiary/aromatic N) is 2. The lowest BCUT2D eigenvalue weighted by Crippen LogP contribution is -2.52. The van der Waals surface area contributed by atoms with Gasteiger partial charge < -0.3 is 4.74 Å². The number of hydrogen-bond acceptors (Lipinski definition) is 6. The van der Waals surface area contributed by atoms with Gasteiger partial charge in [0.2, 0.25) is 20.0 Å². The van der Waals surface area contributed by atoms with Crippen LogP contribution in [-0.4, -0.2) is 78.0 Å². The van der Waals surface area contributed by atoms with E-state index in [2.05, 4.69) is 23.5 Å². The number of sulfonamides is 2. The summed E-state index contributed by atoms with van der Waals surface area (Å²) in [5.41, 5.74) is 0. The predicted octanol–water partition coefficient (Wildman–Crippen LogP) is 1.89. The van der Waals surface area contributed by atoms with Gasteiger partial charge in [0.05, 0.1) is 23.0 Å². The first kappa shape index (κ1) is 24.6. The van der Waals surface area contributed by atoms with Gasteiger partial charge >= 0.3 is 0 Å². The molecular formula is C21H35N3O5S2. The number of morpholine rings is 1. The Balaban J connectivity index is 1.71. The first-order valence-corrected chi connectivity index (χ1v) is 14.1. The van der Waals surface area contributed by atoms with Crippen molar-refractivity contribution in [3.05, 3.63) is 24.3 Å². The van der Waals surface area contributed by atoms with Crippen molar-refractivity contribution >= 4 is 20.0 Å². The molecule has 2 heterocycles. The fourth-order valence-corrected chi connectivity index (χ4v) is 7.05. The number of ether oxygens (including phenoxy) is 1. The number of hydrogen-bond donors (Lipinski definition) is 1. The highest BCUT2D eigenvalue weighted by molar-refractivity contribution is 7.89. The molecule has 0 bridgehead atoms. The lowest BCUT2D eigenvalue weighted by atomic mass is 9.92. The van der Waals surface area contributed by atoms with Crippen molar-refractivity contribution in [2.24, 2.45) is 5.92 Å². The largest absolute Gasteiger partial charge is 0.379 e. The van der Waals surface area contributed by atoms with Crippen molar-refractivity contribution in [2.45, 2.75) is 55.4 Å². The van der Waals surface area contributed by atoms with E-state index in [1.54, 1.807) is 0 Å². The highest BCUT2D eigenvalue weighted by Gasteiger charge is 2.30. The Kier molecular flexibility index (Phi) is 8.51. The summed E-state index contributed by atoms with van der Waals surface area (Å²) < 4.78 is 60.9. The van der Waals surface area contributed by atoms with Crippen LogP contribution in [0.15, 0.2) is 34.1 Å². The van der Waals surface area contributed by atoms with Crippen LogP contribution in [0.25, 0.3) is 0 Å². The molecule has 0 spiro atoms. The van der Waals surface area contributed by atoms with Gasteiger partial charge in [0.1, 0.15) is 0 Å². The van der Waals surface area contributed by atoms with Gasteiger partial charge in [-0.25, -0.2) is 21.6 Å². The molecule has 0 saturated carbocycles. The van der Waals surface area contributed by atoms with Gasteiger partial charge in [-0.05, 0) is 43.0 Å². The number of rotatable bonds is 10. The van der Waals surface area contributed by atoms with Crippen LogP contribution in [0.2, 0.25) is 0 Å². The second-order valence-electron chi connectivity index (χ2n) is 8.23. The summed E-state index contributed by atoms with van der Waals surface area (Å²) in [4.78, 5) is 2.53. The quantitative estimate of drug-likeness (QED) is 0.558. The molecule has 10 heteroatoms. The van der Waals surface area contributed by atoms with E-state index >= 15 is 0 Å². The highest BCUT2D eigenvalue weighted by atomic mass is 32.2. The van der Waals surface area contributed by atoms with E-state index in [0.717, 1.165) is 38.8 Å².